The van der Waals surface area contributed by atoms with E-state index in [4.69, 9.17) is 4.74 Å². The maximum absolute atomic E-state index is 12.3. The SMILES string of the molecule is COc1cccc(N(CCC(=O)Nc2cccc(NC(C)=O)c2)C(C)=O)c1. The fourth-order valence-corrected chi connectivity index (χ4v) is 2.56. The first-order valence-electron chi connectivity index (χ1n) is 8.48. The average Bonchev–Trinajstić information content (AvgIpc) is 2.61. The smallest absolute Gasteiger partial charge is 0.226 e. The van der Waals surface area contributed by atoms with E-state index in [-0.39, 0.29) is 30.7 Å². The lowest BCUT2D eigenvalue weighted by Gasteiger charge is -2.21. The number of hydrogen-bond acceptors (Lipinski definition) is 4. The fraction of sp³-hybridized carbons (Fsp3) is 0.250. The number of methoxy groups -OCH3 is 1. The zero-order valence-corrected chi connectivity index (χ0v) is 15.6. The molecule has 0 spiro atoms. The molecule has 2 N–H and O–H groups in total. The third-order valence-corrected chi connectivity index (χ3v) is 3.77. The van der Waals surface area contributed by atoms with Crippen LogP contribution in [0.15, 0.2) is 48.5 Å². The lowest BCUT2D eigenvalue weighted by Crippen LogP contribution is -2.31. The molecule has 0 heterocycles. The Morgan fingerprint density at radius 1 is 0.963 bits per heavy atom. The highest BCUT2D eigenvalue weighted by atomic mass is 16.5. The van der Waals surface area contributed by atoms with E-state index in [0.717, 1.165) is 0 Å². The van der Waals surface area contributed by atoms with Crippen LogP contribution in [0.5, 0.6) is 5.75 Å². The van der Waals surface area contributed by atoms with E-state index in [0.29, 0.717) is 22.8 Å². The van der Waals surface area contributed by atoms with Crippen molar-refractivity contribution >= 4 is 34.8 Å². The minimum absolute atomic E-state index is 0.126. The topological polar surface area (TPSA) is 87.7 Å². The van der Waals surface area contributed by atoms with Crippen molar-refractivity contribution in [3.05, 3.63) is 48.5 Å². The van der Waals surface area contributed by atoms with Crippen LogP contribution in [0.25, 0.3) is 0 Å². The molecule has 0 fully saturated rings. The predicted molar refractivity (Wildman–Crippen MR) is 105 cm³/mol. The van der Waals surface area contributed by atoms with E-state index in [1.54, 1.807) is 55.6 Å². The molecule has 0 aliphatic carbocycles. The quantitative estimate of drug-likeness (QED) is 0.785. The lowest BCUT2D eigenvalue weighted by atomic mass is 10.2. The van der Waals surface area contributed by atoms with Gasteiger partial charge in [0.05, 0.1) is 7.11 Å². The molecule has 0 atom stereocenters. The molecular weight excluding hydrogens is 346 g/mol. The molecule has 0 radical (unpaired) electrons. The van der Waals surface area contributed by atoms with E-state index in [1.807, 2.05) is 0 Å². The van der Waals surface area contributed by atoms with Gasteiger partial charge in [0, 0.05) is 49.9 Å². The van der Waals surface area contributed by atoms with Gasteiger partial charge in [-0.05, 0) is 30.3 Å². The van der Waals surface area contributed by atoms with Crippen molar-refractivity contribution in [1.82, 2.24) is 0 Å². The van der Waals surface area contributed by atoms with Crippen LogP contribution in [-0.2, 0) is 14.4 Å². The van der Waals surface area contributed by atoms with Crippen molar-refractivity contribution in [1.29, 1.82) is 0 Å². The Bertz CT molecular complexity index is 835. The van der Waals surface area contributed by atoms with Crippen molar-refractivity contribution in [2.45, 2.75) is 20.3 Å². The highest BCUT2D eigenvalue weighted by molar-refractivity contribution is 5.95. The van der Waals surface area contributed by atoms with Crippen LogP contribution in [-0.4, -0.2) is 31.4 Å². The summed E-state index contributed by atoms with van der Waals surface area (Å²) in [6.45, 7) is 3.11. The van der Waals surface area contributed by atoms with Crippen LogP contribution in [0.4, 0.5) is 17.1 Å². The van der Waals surface area contributed by atoms with Gasteiger partial charge in [0.1, 0.15) is 5.75 Å². The molecular formula is C20H23N3O4. The molecule has 27 heavy (non-hydrogen) atoms. The normalized spacial score (nSPS) is 10.0. The average molecular weight is 369 g/mol. The van der Waals surface area contributed by atoms with Gasteiger partial charge in [0.2, 0.25) is 17.7 Å². The Hall–Kier alpha value is -3.35. The Labute approximate surface area is 158 Å². The summed E-state index contributed by atoms with van der Waals surface area (Å²) in [7, 11) is 1.56. The maximum atomic E-state index is 12.3. The Balaban J connectivity index is 2.00. The molecule has 0 unspecified atom stereocenters. The summed E-state index contributed by atoms with van der Waals surface area (Å²) in [6.07, 6.45) is 0.126. The molecule has 2 aromatic carbocycles. The van der Waals surface area contributed by atoms with Crippen molar-refractivity contribution in [2.24, 2.45) is 0 Å². The number of carbonyl (C=O) groups is 3. The number of benzene rings is 2. The summed E-state index contributed by atoms with van der Waals surface area (Å²) in [5.74, 6) is 0.0553. The second kappa shape index (κ2) is 9.38. The molecule has 3 amide bonds. The number of anilines is 3. The molecule has 7 nitrogen and oxygen atoms in total. The fourth-order valence-electron chi connectivity index (χ4n) is 2.56. The van der Waals surface area contributed by atoms with E-state index >= 15 is 0 Å². The highest BCUT2D eigenvalue weighted by Crippen LogP contribution is 2.21. The summed E-state index contributed by atoms with van der Waals surface area (Å²) >= 11 is 0. The maximum Gasteiger partial charge on any atom is 0.226 e. The number of amides is 3. The van der Waals surface area contributed by atoms with Gasteiger partial charge in [-0.15, -0.1) is 0 Å². The third kappa shape index (κ3) is 6.14. The minimum atomic E-state index is -0.232. The number of rotatable bonds is 7. The summed E-state index contributed by atoms with van der Waals surface area (Å²) in [5.41, 5.74) is 1.84. The standard InChI is InChI=1S/C20H23N3O4/c1-14(24)21-16-6-4-7-17(12-16)22-20(26)10-11-23(15(2)25)18-8-5-9-19(13-18)27-3/h4-9,12-13H,10-11H2,1-3H3,(H,21,24)(H,22,26). The molecule has 0 aliphatic rings. The Kier molecular flexibility index (Phi) is 6.93. The second-order valence-electron chi connectivity index (χ2n) is 5.93. The van der Waals surface area contributed by atoms with Gasteiger partial charge < -0.3 is 20.3 Å². The van der Waals surface area contributed by atoms with Gasteiger partial charge in [-0.1, -0.05) is 12.1 Å². The minimum Gasteiger partial charge on any atom is -0.497 e. The largest absolute Gasteiger partial charge is 0.497 e. The van der Waals surface area contributed by atoms with E-state index in [2.05, 4.69) is 10.6 Å². The first-order valence-corrected chi connectivity index (χ1v) is 8.48. The number of ether oxygens (including phenoxy) is 1. The summed E-state index contributed by atoms with van der Waals surface area (Å²) in [5, 5.41) is 5.43. The molecule has 142 valence electrons. The van der Waals surface area contributed by atoms with Gasteiger partial charge >= 0.3 is 0 Å². The lowest BCUT2D eigenvalue weighted by molar-refractivity contribution is -0.117. The van der Waals surface area contributed by atoms with Gasteiger partial charge in [0.25, 0.3) is 0 Å². The monoisotopic (exact) mass is 369 g/mol. The van der Waals surface area contributed by atoms with Crippen LogP contribution in [0.2, 0.25) is 0 Å². The predicted octanol–water partition coefficient (Wildman–Crippen LogP) is 3.04. The third-order valence-electron chi connectivity index (χ3n) is 3.77. The number of hydrogen-bond donors (Lipinski definition) is 2. The van der Waals surface area contributed by atoms with Crippen molar-refractivity contribution in [2.75, 3.05) is 29.2 Å². The Morgan fingerprint density at radius 2 is 1.63 bits per heavy atom. The molecule has 0 aliphatic heterocycles. The van der Waals surface area contributed by atoms with Crippen LogP contribution in [0.1, 0.15) is 20.3 Å². The Morgan fingerprint density at radius 3 is 2.26 bits per heavy atom. The zero-order valence-electron chi connectivity index (χ0n) is 15.6. The van der Waals surface area contributed by atoms with E-state index in [9.17, 15) is 14.4 Å². The van der Waals surface area contributed by atoms with Crippen molar-refractivity contribution in [3.8, 4) is 5.75 Å². The summed E-state index contributed by atoms with van der Waals surface area (Å²) in [4.78, 5) is 36.9. The van der Waals surface area contributed by atoms with E-state index in [1.165, 1.54) is 18.7 Å². The van der Waals surface area contributed by atoms with Crippen LogP contribution in [0, 0.1) is 0 Å². The second-order valence-corrected chi connectivity index (χ2v) is 5.93. The number of nitrogens with zero attached hydrogens (tertiary/aromatic N) is 1. The van der Waals surface area contributed by atoms with Gasteiger partial charge in [-0.2, -0.15) is 0 Å². The van der Waals surface area contributed by atoms with Gasteiger partial charge in [-0.25, -0.2) is 0 Å². The molecule has 0 aromatic heterocycles. The van der Waals surface area contributed by atoms with Crippen LogP contribution >= 0.6 is 0 Å². The molecule has 0 saturated carbocycles. The first kappa shape index (κ1) is 20.0. The summed E-state index contributed by atoms with van der Waals surface area (Å²) < 4.78 is 5.18. The first-order chi connectivity index (χ1) is 12.9. The molecule has 2 rings (SSSR count). The van der Waals surface area contributed by atoms with Crippen molar-refractivity contribution < 1.29 is 19.1 Å². The van der Waals surface area contributed by atoms with Crippen molar-refractivity contribution in [3.63, 3.8) is 0 Å². The van der Waals surface area contributed by atoms with Gasteiger partial charge in [-0.3, -0.25) is 14.4 Å². The molecule has 0 saturated heterocycles. The van der Waals surface area contributed by atoms with Crippen LogP contribution in [0.3, 0.4) is 0 Å². The highest BCUT2D eigenvalue weighted by Gasteiger charge is 2.14. The zero-order chi connectivity index (χ0) is 19.8. The number of nitrogens with one attached hydrogen (secondary N) is 2. The molecule has 0 bridgehead atoms. The summed E-state index contributed by atoms with van der Waals surface area (Å²) in [6, 6.07) is 14.0. The molecule has 2 aromatic rings. The molecule has 7 heteroatoms. The van der Waals surface area contributed by atoms with Gasteiger partial charge in [0.15, 0.2) is 0 Å². The number of carbonyl (C=O) groups excluding carboxylic acids is 3. The van der Waals surface area contributed by atoms with Crippen LogP contribution < -0.4 is 20.3 Å². The van der Waals surface area contributed by atoms with E-state index < -0.39 is 0 Å².